The topological polar surface area (TPSA) is 44.1 Å². The molecule has 0 aromatic rings. The monoisotopic (exact) mass is 232 g/mol. The van der Waals surface area contributed by atoms with Gasteiger partial charge in [-0.3, -0.25) is 4.79 Å². The van der Waals surface area contributed by atoms with Gasteiger partial charge in [-0.1, -0.05) is 0 Å². The summed E-state index contributed by atoms with van der Waals surface area (Å²) in [6.45, 7) is 0.237. The largest absolute Gasteiger partial charge is 0.332 e. The third-order valence-corrected chi connectivity index (χ3v) is 5.15. The van der Waals surface area contributed by atoms with E-state index in [1.165, 1.54) is 19.3 Å². The summed E-state index contributed by atoms with van der Waals surface area (Å²) in [4.78, 5) is 14.2. The van der Waals surface area contributed by atoms with E-state index in [-0.39, 0.29) is 17.9 Å². The second-order valence-electron chi connectivity index (χ2n) is 6.52. The Morgan fingerprint density at radius 3 is 2.12 bits per heavy atom. The normalized spacial score (nSPS) is 42.2. The Bertz CT molecular complexity index is 347. The lowest BCUT2D eigenvalue weighted by Gasteiger charge is -2.56. The molecule has 0 aromatic carbocycles. The lowest BCUT2D eigenvalue weighted by atomic mass is 9.49. The fraction of sp³-hybridized carbons (Fsp3) is 0.857. The van der Waals surface area contributed by atoms with Crippen molar-refractivity contribution >= 4 is 5.91 Å². The van der Waals surface area contributed by atoms with Crippen molar-refractivity contribution in [3.8, 4) is 6.07 Å². The molecule has 0 atom stereocenters. The van der Waals surface area contributed by atoms with Crippen molar-refractivity contribution in [1.29, 1.82) is 5.26 Å². The molecule has 4 fully saturated rings. The van der Waals surface area contributed by atoms with Crippen molar-refractivity contribution in [2.45, 2.75) is 38.5 Å². The first-order valence-corrected chi connectivity index (χ1v) is 6.75. The summed E-state index contributed by atoms with van der Waals surface area (Å²) in [6, 6.07) is 2.09. The van der Waals surface area contributed by atoms with Crippen LogP contribution in [0.15, 0.2) is 0 Å². The quantitative estimate of drug-likeness (QED) is 0.685. The van der Waals surface area contributed by atoms with Crippen LogP contribution in [0.1, 0.15) is 38.5 Å². The first kappa shape index (κ1) is 11.1. The molecule has 4 saturated carbocycles. The van der Waals surface area contributed by atoms with E-state index < -0.39 is 0 Å². The molecule has 92 valence electrons. The van der Waals surface area contributed by atoms with Crippen LogP contribution in [0.2, 0.25) is 0 Å². The van der Waals surface area contributed by atoms with Crippen LogP contribution in [0.3, 0.4) is 0 Å². The van der Waals surface area contributed by atoms with Crippen LogP contribution >= 0.6 is 0 Å². The summed E-state index contributed by atoms with van der Waals surface area (Å²) in [7, 11) is 1.78. The number of nitriles is 1. The van der Waals surface area contributed by atoms with Crippen molar-refractivity contribution in [3.63, 3.8) is 0 Å². The van der Waals surface area contributed by atoms with E-state index >= 15 is 0 Å². The molecule has 17 heavy (non-hydrogen) atoms. The SMILES string of the molecule is CN(CC#N)C(=O)C12CC3CC(CC(C3)C1)C2. The van der Waals surface area contributed by atoms with Crippen LogP contribution in [-0.4, -0.2) is 24.4 Å². The average molecular weight is 232 g/mol. The first-order valence-electron chi connectivity index (χ1n) is 6.75. The second kappa shape index (κ2) is 3.73. The van der Waals surface area contributed by atoms with Gasteiger partial charge in [0.05, 0.1) is 11.5 Å². The molecule has 1 amide bonds. The first-order chi connectivity index (χ1) is 8.13. The molecule has 0 saturated heterocycles. The smallest absolute Gasteiger partial charge is 0.229 e. The van der Waals surface area contributed by atoms with Crippen LogP contribution in [-0.2, 0) is 4.79 Å². The fourth-order valence-electron chi connectivity index (χ4n) is 4.96. The molecular formula is C14H20N2O. The molecule has 0 heterocycles. The number of rotatable bonds is 2. The molecule has 0 aliphatic heterocycles. The average Bonchev–Trinajstić information content (AvgIpc) is 2.26. The van der Waals surface area contributed by atoms with Gasteiger partial charge in [-0.2, -0.15) is 5.26 Å². The Kier molecular flexibility index (Phi) is 2.43. The maximum Gasteiger partial charge on any atom is 0.229 e. The molecule has 4 bridgehead atoms. The van der Waals surface area contributed by atoms with Crippen LogP contribution < -0.4 is 0 Å². The Balaban J connectivity index is 1.82. The molecule has 4 rings (SSSR count). The number of amides is 1. The highest BCUT2D eigenvalue weighted by molar-refractivity contribution is 5.83. The van der Waals surface area contributed by atoms with Gasteiger partial charge in [0.15, 0.2) is 0 Å². The number of hydrogen-bond donors (Lipinski definition) is 0. The number of carbonyl (C=O) groups excluding carboxylic acids is 1. The van der Waals surface area contributed by atoms with Crippen LogP contribution in [0, 0.1) is 34.5 Å². The predicted octanol–water partition coefficient (Wildman–Crippen LogP) is 2.18. The van der Waals surface area contributed by atoms with Gasteiger partial charge in [0.25, 0.3) is 0 Å². The predicted molar refractivity (Wildman–Crippen MR) is 63.9 cm³/mol. The molecule has 0 unspecified atom stereocenters. The van der Waals surface area contributed by atoms with E-state index in [2.05, 4.69) is 6.07 Å². The molecule has 4 aliphatic carbocycles. The van der Waals surface area contributed by atoms with Gasteiger partial charge >= 0.3 is 0 Å². The van der Waals surface area contributed by atoms with Crippen LogP contribution in [0.4, 0.5) is 0 Å². The Morgan fingerprint density at radius 2 is 1.71 bits per heavy atom. The summed E-state index contributed by atoms with van der Waals surface area (Å²) in [5.41, 5.74) is -0.0830. The van der Waals surface area contributed by atoms with E-state index in [0.717, 1.165) is 37.0 Å². The van der Waals surface area contributed by atoms with Crippen LogP contribution in [0.25, 0.3) is 0 Å². The van der Waals surface area contributed by atoms with Gasteiger partial charge in [-0.25, -0.2) is 0 Å². The number of carbonyl (C=O) groups is 1. The maximum absolute atomic E-state index is 12.6. The lowest BCUT2D eigenvalue weighted by molar-refractivity contribution is -0.155. The minimum Gasteiger partial charge on any atom is -0.332 e. The number of hydrogen-bond acceptors (Lipinski definition) is 2. The van der Waals surface area contributed by atoms with Gasteiger partial charge in [-0.15, -0.1) is 0 Å². The zero-order valence-electron chi connectivity index (χ0n) is 10.5. The maximum atomic E-state index is 12.6. The Morgan fingerprint density at radius 1 is 1.24 bits per heavy atom. The summed E-state index contributed by atoms with van der Waals surface area (Å²) in [5.74, 6) is 2.63. The summed E-state index contributed by atoms with van der Waals surface area (Å²) in [6.07, 6.45) is 7.34. The number of nitrogens with zero attached hydrogens (tertiary/aromatic N) is 2. The molecule has 3 nitrogen and oxygen atoms in total. The molecule has 4 aliphatic rings. The van der Waals surface area contributed by atoms with Gasteiger partial charge in [0.2, 0.25) is 5.91 Å². The van der Waals surface area contributed by atoms with Gasteiger partial charge in [0.1, 0.15) is 6.54 Å². The van der Waals surface area contributed by atoms with E-state index in [1.54, 1.807) is 11.9 Å². The molecule has 0 spiro atoms. The molecule has 0 N–H and O–H groups in total. The van der Waals surface area contributed by atoms with Crippen molar-refractivity contribution < 1.29 is 4.79 Å². The highest BCUT2D eigenvalue weighted by atomic mass is 16.2. The van der Waals surface area contributed by atoms with Gasteiger partial charge in [0, 0.05) is 7.05 Å². The standard InChI is InChI=1S/C14H20N2O/c1-16(3-2-15)13(17)14-7-10-4-11(8-14)6-12(5-10)9-14/h10-12H,3-9H2,1H3. The van der Waals surface area contributed by atoms with Crippen molar-refractivity contribution in [3.05, 3.63) is 0 Å². The van der Waals surface area contributed by atoms with E-state index in [1.807, 2.05) is 0 Å². The minimum atomic E-state index is -0.0830. The molecule has 0 aromatic heterocycles. The lowest BCUT2D eigenvalue weighted by Crippen LogP contribution is -2.53. The van der Waals surface area contributed by atoms with Crippen molar-refractivity contribution in [2.24, 2.45) is 23.2 Å². The van der Waals surface area contributed by atoms with Gasteiger partial charge in [-0.05, 0) is 56.3 Å². The third kappa shape index (κ3) is 1.66. The van der Waals surface area contributed by atoms with E-state index in [0.29, 0.717) is 0 Å². The Labute approximate surface area is 103 Å². The van der Waals surface area contributed by atoms with Crippen molar-refractivity contribution in [2.75, 3.05) is 13.6 Å². The fourth-order valence-corrected chi connectivity index (χ4v) is 4.96. The van der Waals surface area contributed by atoms with Gasteiger partial charge < -0.3 is 4.90 Å². The zero-order chi connectivity index (χ0) is 12.0. The van der Waals surface area contributed by atoms with Crippen LogP contribution in [0.5, 0.6) is 0 Å². The van der Waals surface area contributed by atoms with E-state index in [4.69, 9.17) is 5.26 Å². The summed E-state index contributed by atoms with van der Waals surface area (Å²) in [5, 5.41) is 8.72. The van der Waals surface area contributed by atoms with Crippen molar-refractivity contribution in [1.82, 2.24) is 4.90 Å². The molecule has 0 radical (unpaired) electrons. The highest BCUT2D eigenvalue weighted by Gasteiger charge is 2.55. The van der Waals surface area contributed by atoms with E-state index in [9.17, 15) is 4.79 Å². The molecule has 3 heteroatoms. The molecular weight excluding hydrogens is 212 g/mol. The zero-order valence-corrected chi connectivity index (χ0v) is 10.5. The second-order valence-corrected chi connectivity index (χ2v) is 6.52. The summed E-state index contributed by atoms with van der Waals surface area (Å²) >= 11 is 0. The Hall–Kier alpha value is -1.04. The summed E-state index contributed by atoms with van der Waals surface area (Å²) < 4.78 is 0. The third-order valence-electron chi connectivity index (χ3n) is 5.15. The minimum absolute atomic E-state index is 0.0830. The highest BCUT2D eigenvalue weighted by Crippen LogP contribution is 2.60.